The minimum absolute atomic E-state index is 0.0709. The number of aromatic nitrogens is 1. The fraction of sp³-hybridized carbons (Fsp3) is 0.711. The van der Waals surface area contributed by atoms with Crippen molar-refractivity contribution in [3.05, 3.63) is 29.6 Å². The Balaban J connectivity index is 2.40. The molecule has 11 N–H and O–H groups in total. The van der Waals surface area contributed by atoms with E-state index in [1.54, 1.807) is 28.0 Å². The van der Waals surface area contributed by atoms with Crippen molar-refractivity contribution in [1.82, 2.24) is 35.6 Å². The highest BCUT2D eigenvalue weighted by Gasteiger charge is 2.31. The van der Waals surface area contributed by atoms with E-state index in [0.717, 1.165) is 6.29 Å². The number of carboxylic acid groups (broad SMARTS) is 2. The first-order valence-electron chi connectivity index (χ1n) is 19.9. The van der Waals surface area contributed by atoms with E-state index in [4.69, 9.17) is 4.98 Å². The minimum atomic E-state index is -1.13. The molecule has 59 heavy (non-hydrogen) atoms. The zero-order valence-electron chi connectivity index (χ0n) is 33.4. The smallest absolute Gasteiger partial charge is 0.320 e. The highest BCUT2D eigenvalue weighted by atomic mass is 16.4. The number of hydrogen-bond donors (Lipinski definition) is 11. The van der Waals surface area contributed by atoms with Crippen LogP contribution in [0.25, 0.3) is 0 Å². The van der Waals surface area contributed by atoms with Crippen molar-refractivity contribution in [3.63, 3.8) is 0 Å². The third-order valence-electron chi connectivity index (χ3n) is 10.3. The second-order valence-corrected chi connectivity index (χ2v) is 14.5. The molecule has 0 spiro atoms. The second kappa shape index (κ2) is 28.3. The molecular formula is C38H63N7O14. The van der Waals surface area contributed by atoms with Gasteiger partial charge >= 0.3 is 11.9 Å². The van der Waals surface area contributed by atoms with Crippen LogP contribution >= 0.6 is 0 Å². The number of rotatable bonds is 27. The van der Waals surface area contributed by atoms with Crippen LogP contribution in [-0.4, -0.2) is 200 Å². The number of carboxylic acids is 2. The standard InChI is InChI=1S/C38H63N7O14/c46-19-26(20-47)34(53)39-10-2-7-31(25-52)43-13-15-44(32(37(56)57)8-3-11-40-35(54)27(21-48)22-49)17-29-5-1-6-30(42-29)18-45(16-14-43)33(38(58)59)9-4-12-41-36(55)28(23-50)24-51/h1,5-6,25-28,31-33,46-51H,2-4,7-24H2,(H,39,53)(H,40,54)(H,41,55)(H,56,57)(H,58,59). The molecule has 21 heteroatoms. The molecule has 2 heterocycles. The van der Waals surface area contributed by atoms with Gasteiger partial charge in [0.25, 0.3) is 0 Å². The normalized spacial score (nSPS) is 16.2. The fourth-order valence-corrected chi connectivity index (χ4v) is 6.67. The van der Waals surface area contributed by atoms with Crippen molar-refractivity contribution >= 4 is 35.9 Å². The fourth-order valence-electron chi connectivity index (χ4n) is 6.67. The van der Waals surface area contributed by atoms with Gasteiger partial charge in [-0.2, -0.15) is 0 Å². The first kappa shape index (κ1) is 51.0. The number of aliphatic hydroxyl groups excluding tert-OH is 6. The number of nitrogens with zero attached hydrogens (tertiary/aromatic N) is 4. The van der Waals surface area contributed by atoms with Crippen molar-refractivity contribution in [2.24, 2.45) is 17.8 Å². The van der Waals surface area contributed by atoms with Gasteiger partial charge in [0.1, 0.15) is 18.4 Å². The molecule has 0 radical (unpaired) electrons. The van der Waals surface area contributed by atoms with E-state index >= 15 is 0 Å². The lowest BCUT2D eigenvalue weighted by molar-refractivity contribution is -0.144. The molecule has 0 aromatic carbocycles. The monoisotopic (exact) mass is 841 g/mol. The molecule has 334 valence electrons. The zero-order chi connectivity index (χ0) is 43.7. The molecule has 3 atom stereocenters. The summed E-state index contributed by atoms with van der Waals surface area (Å²) in [5.74, 6) is -6.93. The second-order valence-electron chi connectivity index (χ2n) is 14.5. The minimum Gasteiger partial charge on any atom is -0.480 e. The number of amides is 3. The van der Waals surface area contributed by atoms with Gasteiger partial charge in [-0.15, -0.1) is 0 Å². The van der Waals surface area contributed by atoms with E-state index < -0.39 is 105 Å². The third-order valence-corrected chi connectivity index (χ3v) is 10.3. The van der Waals surface area contributed by atoms with Gasteiger partial charge in [-0.3, -0.25) is 43.7 Å². The molecule has 1 aromatic heterocycles. The van der Waals surface area contributed by atoms with E-state index in [9.17, 15) is 69.6 Å². The van der Waals surface area contributed by atoms with Crippen LogP contribution in [0.3, 0.4) is 0 Å². The number of aliphatic hydroxyl groups is 6. The van der Waals surface area contributed by atoms with Crippen molar-refractivity contribution in [2.75, 3.05) is 85.5 Å². The van der Waals surface area contributed by atoms with E-state index in [0.29, 0.717) is 17.8 Å². The van der Waals surface area contributed by atoms with Gasteiger partial charge in [-0.25, -0.2) is 0 Å². The summed E-state index contributed by atoms with van der Waals surface area (Å²) in [6.07, 6.45) is 2.01. The molecule has 1 aliphatic heterocycles. The summed E-state index contributed by atoms with van der Waals surface area (Å²) in [7, 11) is 0. The first-order chi connectivity index (χ1) is 28.4. The van der Waals surface area contributed by atoms with Crippen LogP contribution in [0.15, 0.2) is 18.2 Å². The number of pyridine rings is 1. The lowest BCUT2D eigenvalue weighted by atomic mass is 10.1. The van der Waals surface area contributed by atoms with Crippen LogP contribution in [0, 0.1) is 17.8 Å². The van der Waals surface area contributed by atoms with Crippen molar-refractivity contribution in [3.8, 4) is 0 Å². The summed E-state index contributed by atoms with van der Waals surface area (Å²) in [6, 6.07) is 2.33. The Morgan fingerprint density at radius 2 is 0.915 bits per heavy atom. The Hall–Kier alpha value is -4.19. The Morgan fingerprint density at radius 3 is 1.24 bits per heavy atom. The highest BCUT2D eigenvalue weighted by Crippen LogP contribution is 2.19. The van der Waals surface area contributed by atoms with E-state index in [2.05, 4.69) is 16.0 Å². The van der Waals surface area contributed by atoms with Crippen molar-refractivity contribution in [1.29, 1.82) is 0 Å². The molecule has 3 amide bonds. The number of aliphatic carboxylic acids is 2. The zero-order valence-corrected chi connectivity index (χ0v) is 33.4. The van der Waals surface area contributed by atoms with Crippen LogP contribution in [-0.2, 0) is 41.9 Å². The van der Waals surface area contributed by atoms with Gasteiger partial charge in [0, 0.05) is 58.9 Å². The van der Waals surface area contributed by atoms with E-state index in [1.807, 2.05) is 4.90 Å². The van der Waals surface area contributed by atoms with Crippen LogP contribution in [0.2, 0.25) is 0 Å². The maximum absolute atomic E-state index is 12.8. The Labute approximate surface area is 343 Å². The van der Waals surface area contributed by atoms with Gasteiger partial charge in [0.15, 0.2) is 0 Å². The summed E-state index contributed by atoms with van der Waals surface area (Å²) < 4.78 is 0. The molecule has 1 aliphatic rings. The number of fused-ring (bicyclic) bond motifs is 2. The molecule has 2 bridgehead atoms. The van der Waals surface area contributed by atoms with Crippen LogP contribution in [0.5, 0.6) is 0 Å². The summed E-state index contributed by atoms with van der Waals surface area (Å²) in [6.45, 7) is -2.23. The molecule has 0 saturated carbocycles. The van der Waals surface area contributed by atoms with Crippen LogP contribution in [0.1, 0.15) is 49.9 Å². The van der Waals surface area contributed by atoms with Crippen molar-refractivity contribution < 1.29 is 69.6 Å². The average Bonchev–Trinajstić information content (AvgIpc) is 3.21. The first-order valence-corrected chi connectivity index (χ1v) is 19.9. The average molecular weight is 842 g/mol. The van der Waals surface area contributed by atoms with Crippen molar-refractivity contribution in [2.45, 2.75) is 69.7 Å². The van der Waals surface area contributed by atoms with Gasteiger partial charge in [-0.1, -0.05) is 6.07 Å². The summed E-state index contributed by atoms with van der Waals surface area (Å²) in [5, 5.41) is 84.5. The third kappa shape index (κ3) is 17.5. The molecule has 3 unspecified atom stereocenters. The van der Waals surface area contributed by atoms with Gasteiger partial charge in [-0.05, 0) is 50.7 Å². The summed E-state index contributed by atoms with van der Waals surface area (Å²) in [5.41, 5.74) is 1.01. The van der Waals surface area contributed by atoms with Crippen LogP contribution < -0.4 is 16.0 Å². The molecule has 0 saturated heterocycles. The number of nitrogens with one attached hydrogen (secondary N) is 3. The summed E-state index contributed by atoms with van der Waals surface area (Å²) in [4.78, 5) is 85.0. The number of carbonyl (C=O) groups excluding carboxylic acids is 4. The number of carbonyl (C=O) groups is 6. The Morgan fingerprint density at radius 1 is 0.576 bits per heavy atom. The van der Waals surface area contributed by atoms with E-state index in [-0.39, 0.29) is 91.0 Å². The van der Waals surface area contributed by atoms with E-state index in [1.165, 1.54) is 0 Å². The highest BCUT2D eigenvalue weighted by molar-refractivity contribution is 5.79. The number of hydrogen-bond acceptors (Lipinski definition) is 16. The summed E-state index contributed by atoms with van der Waals surface area (Å²) >= 11 is 0. The lowest BCUT2D eigenvalue weighted by Gasteiger charge is -2.37. The lowest BCUT2D eigenvalue weighted by Crippen LogP contribution is -2.51. The molecule has 0 fully saturated rings. The van der Waals surface area contributed by atoms with Gasteiger partial charge in [0.05, 0.1) is 74.8 Å². The van der Waals surface area contributed by atoms with Gasteiger partial charge < -0.3 is 61.6 Å². The number of aldehydes is 1. The maximum Gasteiger partial charge on any atom is 0.320 e. The molecular weight excluding hydrogens is 778 g/mol. The predicted molar refractivity (Wildman–Crippen MR) is 209 cm³/mol. The van der Waals surface area contributed by atoms with Gasteiger partial charge in [0.2, 0.25) is 17.7 Å². The predicted octanol–water partition coefficient (Wildman–Crippen LogP) is -4.03. The van der Waals surface area contributed by atoms with Crippen LogP contribution in [0.4, 0.5) is 0 Å². The largest absolute Gasteiger partial charge is 0.480 e. The molecule has 21 nitrogen and oxygen atoms in total. The maximum atomic E-state index is 12.8. The molecule has 0 aliphatic carbocycles. The quantitative estimate of drug-likeness (QED) is 0.0297. The SMILES string of the molecule is O=CC(CCCNC(=O)C(CO)CO)N1CCN(C(CCCNC(=O)C(CO)CO)C(=O)O)Cc2cccc(n2)CN(C(CCCNC(=O)C(CO)CO)C(=O)O)CC1. The topological polar surface area (TPSA) is 323 Å². The Kier molecular flexibility index (Phi) is 24.4. The Bertz CT molecular complexity index is 1370. The molecule has 1 aromatic rings. The molecule has 2 rings (SSSR count).